The first-order valence-corrected chi connectivity index (χ1v) is 5.77. The van der Waals surface area contributed by atoms with Gasteiger partial charge in [0.05, 0.1) is 5.92 Å². The standard InChI is InChI=1S/C9H13NO4S/c1-6-4-3-5-7(8(10)11)9(6,2)15(12,13)14/h3-5,7H,1-2H3,(H2,10,11)(H,12,13,14). The molecule has 1 rings (SSSR count). The van der Waals surface area contributed by atoms with Gasteiger partial charge in [0.1, 0.15) is 4.75 Å². The molecule has 0 saturated carbocycles. The summed E-state index contributed by atoms with van der Waals surface area (Å²) in [5, 5.41) is 0. The van der Waals surface area contributed by atoms with E-state index in [-0.39, 0.29) is 0 Å². The fraction of sp³-hybridized carbons (Fsp3) is 0.444. The molecule has 0 fully saturated rings. The van der Waals surface area contributed by atoms with E-state index >= 15 is 0 Å². The molecule has 0 aromatic heterocycles. The minimum Gasteiger partial charge on any atom is -0.369 e. The average Bonchev–Trinajstić information content (AvgIpc) is 2.07. The van der Waals surface area contributed by atoms with Crippen molar-refractivity contribution in [3.05, 3.63) is 23.8 Å². The number of hydrogen-bond donors (Lipinski definition) is 2. The maximum atomic E-state index is 11.3. The monoisotopic (exact) mass is 231 g/mol. The highest BCUT2D eigenvalue weighted by atomic mass is 32.2. The molecule has 1 aliphatic rings. The largest absolute Gasteiger partial charge is 0.369 e. The zero-order valence-electron chi connectivity index (χ0n) is 8.47. The van der Waals surface area contributed by atoms with Gasteiger partial charge in [-0.2, -0.15) is 8.42 Å². The number of allylic oxidation sites excluding steroid dienone is 2. The maximum absolute atomic E-state index is 11.3. The normalized spacial score (nSPS) is 31.1. The first-order valence-electron chi connectivity index (χ1n) is 4.33. The second kappa shape index (κ2) is 3.46. The molecule has 0 aromatic rings. The Morgan fingerprint density at radius 3 is 2.47 bits per heavy atom. The second-order valence-electron chi connectivity index (χ2n) is 3.70. The third kappa shape index (κ3) is 1.70. The van der Waals surface area contributed by atoms with Crippen LogP contribution in [-0.2, 0) is 14.9 Å². The van der Waals surface area contributed by atoms with Gasteiger partial charge in [0.15, 0.2) is 0 Å². The molecule has 5 nitrogen and oxygen atoms in total. The van der Waals surface area contributed by atoms with Gasteiger partial charge in [-0.15, -0.1) is 0 Å². The number of carbonyl (C=O) groups excluding carboxylic acids is 1. The van der Waals surface area contributed by atoms with Crippen LogP contribution in [0.3, 0.4) is 0 Å². The fourth-order valence-electron chi connectivity index (χ4n) is 1.64. The van der Waals surface area contributed by atoms with Crippen molar-refractivity contribution in [3.63, 3.8) is 0 Å². The molecule has 0 saturated heterocycles. The molecule has 84 valence electrons. The highest BCUT2D eigenvalue weighted by Gasteiger charge is 2.49. The summed E-state index contributed by atoms with van der Waals surface area (Å²) in [7, 11) is -4.39. The Kier molecular flexibility index (Phi) is 2.75. The smallest absolute Gasteiger partial charge is 0.275 e. The molecule has 15 heavy (non-hydrogen) atoms. The van der Waals surface area contributed by atoms with Crippen LogP contribution in [0.1, 0.15) is 13.8 Å². The van der Waals surface area contributed by atoms with Crippen LogP contribution >= 0.6 is 0 Å². The summed E-state index contributed by atoms with van der Waals surface area (Å²) in [5.41, 5.74) is 5.49. The average molecular weight is 231 g/mol. The summed E-state index contributed by atoms with van der Waals surface area (Å²) >= 11 is 0. The lowest BCUT2D eigenvalue weighted by Crippen LogP contribution is -2.49. The zero-order chi connectivity index (χ0) is 11.9. The van der Waals surface area contributed by atoms with Crippen LogP contribution in [0, 0.1) is 5.92 Å². The second-order valence-corrected chi connectivity index (χ2v) is 5.49. The van der Waals surface area contributed by atoms with Crippen LogP contribution in [-0.4, -0.2) is 23.6 Å². The van der Waals surface area contributed by atoms with E-state index in [9.17, 15) is 17.8 Å². The Labute approximate surface area is 88.4 Å². The molecule has 1 amide bonds. The quantitative estimate of drug-likeness (QED) is 0.665. The molecule has 0 bridgehead atoms. The number of carbonyl (C=O) groups is 1. The summed E-state index contributed by atoms with van der Waals surface area (Å²) in [6.45, 7) is 2.82. The molecular formula is C9H13NO4S. The van der Waals surface area contributed by atoms with Crippen molar-refractivity contribution >= 4 is 16.0 Å². The molecule has 1 aliphatic carbocycles. The van der Waals surface area contributed by atoms with Crippen molar-refractivity contribution in [3.8, 4) is 0 Å². The Balaban J connectivity index is 3.41. The van der Waals surface area contributed by atoms with Gasteiger partial charge in [0.25, 0.3) is 10.1 Å². The summed E-state index contributed by atoms with van der Waals surface area (Å²) in [6.07, 6.45) is 4.47. The van der Waals surface area contributed by atoms with E-state index in [1.807, 2.05) is 0 Å². The molecule has 2 atom stereocenters. The number of rotatable bonds is 2. The van der Waals surface area contributed by atoms with Crippen LogP contribution in [0.15, 0.2) is 23.8 Å². The Morgan fingerprint density at radius 2 is 2.13 bits per heavy atom. The van der Waals surface area contributed by atoms with E-state index < -0.39 is 26.7 Å². The number of primary amides is 1. The lowest BCUT2D eigenvalue weighted by molar-refractivity contribution is -0.121. The first-order chi connectivity index (χ1) is 6.71. The van der Waals surface area contributed by atoms with Crippen molar-refractivity contribution in [1.29, 1.82) is 0 Å². The number of nitrogens with two attached hydrogens (primary N) is 1. The molecule has 0 heterocycles. The first kappa shape index (κ1) is 11.9. The van der Waals surface area contributed by atoms with Gasteiger partial charge < -0.3 is 5.73 Å². The molecule has 0 spiro atoms. The minimum absolute atomic E-state index is 0.385. The summed E-state index contributed by atoms with van der Waals surface area (Å²) in [6, 6.07) is 0. The lowest BCUT2D eigenvalue weighted by atomic mass is 9.83. The predicted octanol–water partition coefficient (Wildman–Crippen LogP) is 0.251. The Morgan fingerprint density at radius 1 is 1.60 bits per heavy atom. The van der Waals surface area contributed by atoms with E-state index in [1.165, 1.54) is 26.0 Å². The highest BCUT2D eigenvalue weighted by molar-refractivity contribution is 7.87. The van der Waals surface area contributed by atoms with Crippen LogP contribution < -0.4 is 5.73 Å². The van der Waals surface area contributed by atoms with Gasteiger partial charge in [-0.3, -0.25) is 9.35 Å². The van der Waals surface area contributed by atoms with E-state index in [4.69, 9.17) is 5.73 Å². The van der Waals surface area contributed by atoms with Crippen molar-refractivity contribution in [2.24, 2.45) is 11.7 Å². The third-order valence-electron chi connectivity index (χ3n) is 2.87. The topological polar surface area (TPSA) is 97.5 Å². The predicted molar refractivity (Wildman–Crippen MR) is 55.5 cm³/mol. The summed E-state index contributed by atoms with van der Waals surface area (Å²) in [5.74, 6) is -1.82. The van der Waals surface area contributed by atoms with Crippen molar-refractivity contribution < 1.29 is 17.8 Å². The van der Waals surface area contributed by atoms with E-state index in [0.717, 1.165) is 0 Å². The Hall–Kier alpha value is -1.14. The van der Waals surface area contributed by atoms with Gasteiger partial charge in [0, 0.05) is 0 Å². The van der Waals surface area contributed by atoms with E-state index in [0.29, 0.717) is 5.57 Å². The van der Waals surface area contributed by atoms with Gasteiger partial charge in [-0.05, 0) is 19.4 Å². The van der Waals surface area contributed by atoms with Crippen LogP contribution in [0.25, 0.3) is 0 Å². The third-order valence-corrected chi connectivity index (χ3v) is 4.52. The van der Waals surface area contributed by atoms with E-state index in [2.05, 4.69) is 0 Å². The van der Waals surface area contributed by atoms with Gasteiger partial charge in [-0.25, -0.2) is 0 Å². The molecular weight excluding hydrogens is 218 g/mol. The van der Waals surface area contributed by atoms with E-state index in [1.54, 1.807) is 6.08 Å². The highest BCUT2D eigenvalue weighted by Crippen LogP contribution is 2.36. The molecule has 0 aromatic carbocycles. The molecule has 3 N–H and O–H groups in total. The van der Waals surface area contributed by atoms with Gasteiger partial charge >= 0.3 is 0 Å². The maximum Gasteiger partial charge on any atom is 0.275 e. The van der Waals surface area contributed by atoms with Crippen LogP contribution in [0.4, 0.5) is 0 Å². The van der Waals surface area contributed by atoms with Crippen molar-refractivity contribution in [2.75, 3.05) is 0 Å². The zero-order valence-corrected chi connectivity index (χ0v) is 9.28. The minimum atomic E-state index is -4.39. The molecule has 6 heteroatoms. The summed E-state index contributed by atoms with van der Waals surface area (Å²) < 4.78 is 30.1. The van der Waals surface area contributed by atoms with Crippen LogP contribution in [0.2, 0.25) is 0 Å². The molecule has 0 aliphatic heterocycles. The van der Waals surface area contributed by atoms with Gasteiger partial charge in [-0.1, -0.05) is 18.2 Å². The number of hydrogen-bond acceptors (Lipinski definition) is 3. The molecule has 2 unspecified atom stereocenters. The van der Waals surface area contributed by atoms with Gasteiger partial charge in [0.2, 0.25) is 5.91 Å². The summed E-state index contributed by atoms with van der Waals surface area (Å²) in [4.78, 5) is 11.1. The molecule has 0 radical (unpaired) electrons. The van der Waals surface area contributed by atoms with Crippen molar-refractivity contribution in [1.82, 2.24) is 0 Å². The Bertz CT molecular complexity index is 449. The fourth-order valence-corrected chi connectivity index (χ4v) is 2.63. The number of amides is 1. The lowest BCUT2D eigenvalue weighted by Gasteiger charge is -2.33. The SMILES string of the molecule is CC1=CC=CC(C(N)=O)C1(C)S(=O)(=O)O. The van der Waals surface area contributed by atoms with Crippen molar-refractivity contribution in [2.45, 2.75) is 18.6 Å². The van der Waals surface area contributed by atoms with Crippen LogP contribution in [0.5, 0.6) is 0 Å².